The summed E-state index contributed by atoms with van der Waals surface area (Å²) in [5, 5.41) is 0. The van der Waals surface area contributed by atoms with Gasteiger partial charge in [-0.15, -0.1) is 0 Å². The lowest BCUT2D eigenvalue weighted by molar-refractivity contribution is 0.355. The largest absolute Gasteiger partial charge is 0.493 e. The Morgan fingerprint density at radius 1 is 1.00 bits per heavy atom. The predicted octanol–water partition coefficient (Wildman–Crippen LogP) is 4.88. The highest BCUT2D eigenvalue weighted by Crippen LogP contribution is 2.34. The Labute approximate surface area is 160 Å². The number of ether oxygens (including phenoxy) is 2. The maximum atomic E-state index is 13.2. The lowest BCUT2D eigenvalue weighted by atomic mass is 10.1. The van der Waals surface area contributed by atoms with Crippen molar-refractivity contribution < 1.29 is 13.9 Å². The van der Waals surface area contributed by atoms with E-state index in [1.54, 1.807) is 36.9 Å². The summed E-state index contributed by atoms with van der Waals surface area (Å²) in [5.74, 6) is 0.997. The van der Waals surface area contributed by atoms with Crippen LogP contribution in [-0.2, 0) is 0 Å². The molecule has 0 saturated carbocycles. The number of hydrogen-bond donors (Lipinski definition) is 1. The molecule has 0 bridgehead atoms. The summed E-state index contributed by atoms with van der Waals surface area (Å²) in [6, 6.07) is 11.9. The predicted molar refractivity (Wildman–Crippen MR) is 104 cm³/mol. The molecule has 0 fully saturated rings. The van der Waals surface area contributed by atoms with E-state index in [1.807, 2.05) is 24.4 Å². The van der Waals surface area contributed by atoms with E-state index in [-0.39, 0.29) is 5.82 Å². The molecule has 0 radical (unpaired) electrons. The molecule has 2 heterocycles. The van der Waals surface area contributed by atoms with Gasteiger partial charge in [0.25, 0.3) is 0 Å². The first-order valence-corrected chi connectivity index (χ1v) is 8.60. The van der Waals surface area contributed by atoms with Crippen molar-refractivity contribution in [3.8, 4) is 33.9 Å². The van der Waals surface area contributed by atoms with Gasteiger partial charge in [0.15, 0.2) is 11.5 Å². The van der Waals surface area contributed by atoms with Crippen LogP contribution >= 0.6 is 12.2 Å². The molecule has 0 spiro atoms. The fourth-order valence-corrected chi connectivity index (χ4v) is 3.19. The number of benzene rings is 2. The number of hydrogen-bond acceptors (Lipinski definition) is 4. The Kier molecular flexibility index (Phi) is 4.37. The monoisotopic (exact) mass is 381 g/mol. The zero-order chi connectivity index (χ0) is 19.0. The fourth-order valence-electron chi connectivity index (χ4n) is 3.00. The van der Waals surface area contributed by atoms with Crippen molar-refractivity contribution in [1.82, 2.24) is 14.4 Å². The normalized spacial score (nSPS) is 10.9. The van der Waals surface area contributed by atoms with Gasteiger partial charge in [0, 0.05) is 18.0 Å². The van der Waals surface area contributed by atoms with E-state index >= 15 is 0 Å². The average Bonchev–Trinajstić information content (AvgIpc) is 3.14. The number of fused-ring (bicyclic) bond motifs is 1. The van der Waals surface area contributed by atoms with Crippen LogP contribution in [0.5, 0.6) is 11.5 Å². The lowest BCUT2D eigenvalue weighted by Crippen LogP contribution is -1.94. The van der Waals surface area contributed by atoms with Crippen LogP contribution in [0.2, 0.25) is 0 Å². The second-order valence-electron chi connectivity index (χ2n) is 5.92. The minimum atomic E-state index is -0.279. The Morgan fingerprint density at radius 2 is 1.70 bits per heavy atom. The molecule has 5 nitrogen and oxygen atoms in total. The van der Waals surface area contributed by atoms with Crippen molar-refractivity contribution >= 4 is 17.9 Å². The highest BCUT2D eigenvalue weighted by atomic mass is 32.1. The van der Waals surface area contributed by atoms with Gasteiger partial charge in [-0.25, -0.2) is 9.37 Å². The van der Waals surface area contributed by atoms with Gasteiger partial charge < -0.3 is 14.5 Å². The van der Waals surface area contributed by atoms with Crippen molar-refractivity contribution in [2.75, 3.05) is 14.2 Å². The molecule has 0 atom stereocenters. The molecule has 0 saturated heterocycles. The summed E-state index contributed by atoms with van der Waals surface area (Å²) in [7, 11) is 3.19. The summed E-state index contributed by atoms with van der Waals surface area (Å²) < 4.78 is 26.2. The summed E-state index contributed by atoms with van der Waals surface area (Å²) in [6.45, 7) is 0. The van der Waals surface area contributed by atoms with Crippen molar-refractivity contribution in [2.24, 2.45) is 0 Å². The molecule has 0 unspecified atom stereocenters. The number of imidazole rings is 1. The third-order valence-electron chi connectivity index (χ3n) is 4.37. The van der Waals surface area contributed by atoms with Crippen molar-refractivity contribution in [3.05, 3.63) is 65.4 Å². The SMILES string of the molecule is COc1ccc(-c2cnc(=S)n3cc(-c4ccc(F)cc4)[nH]c23)cc1OC. The van der Waals surface area contributed by atoms with Crippen LogP contribution in [0.25, 0.3) is 28.0 Å². The zero-order valence-corrected chi connectivity index (χ0v) is 15.5. The van der Waals surface area contributed by atoms with Crippen molar-refractivity contribution in [1.29, 1.82) is 0 Å². The molecule has 136 valence electrons. The first-order chi connectivity index (χ1) is 13.1. The van der Waals surface area contributed by atoms with Crippen LogP contribution in [0.1, 0.15) is 0 Å². The van der Waals surface area contributed by atoms with Crippen LogP contribution in [0, 0.1) is 10.6 Å². The van der Waals surface area contributed by atoms with Gasteiger partial charge >= 0.3 is 0 Å². The molecule has 1 N–H and O–H groups in total. The first kappa shape index (κ1) is 17.2. The second-order valence-corrected chi connectivity index (χ2v) is 6.28. The Bertz CT molecular complexity index is 1180. The quantitative estimate of drug-likeness (QED) is 0.512. The molecule has 27 heavy (non-hydrogen) atoms. The zero-order valence-electron chi connectivity index (χ0n) is 14.7. The smallest absolute Gasteiger partial charge is 0.205 e. The number of rotatable bonds is 4. The standard InChI is InChI=1S/C20H16FN3O2S/c1-25-17-8-5-13(9-18(17)26-2)15-10-22-20(27)24-11-16(23-19(15)24)12-3-6-14(21)7-4-12/h3-11,23H,1-2H3. The van der Waals surface area contributed by atoms with Crippen LogP contribution in [0.15, 0.2) is 54.9 Å². The number of methoxy groups -OCH3 is 2. The van der Waals surface area contributed by atoms with Gasteiger partial charge in [-0.2, -0.15) is 0 Å². The molecule has 2 aromatic heterocycles. The van der Waals surface area contributed by atoms with Gasteiger partial charge in [0.2, 0.25) is 4.77 Å². The third kappa shape index (κ3) is 3.06. The van der Waals surface area contributed by atoms with E-state index in [1.165, 1.54) is 12.1 Å². The topological polar surface area (TPSA) is 51.5 Å². The van der Waals surface area contributed by atoms with Crippen LogP contribution in [-0.4, -0.2) is 28.6 Å². The van der Waals surface area contributed by atoms with Gasteiger partial charge in [-0.1, -0.05) is 6.07 Å². The molecule has 4 aromatic rings. The number of halogens is 1. The van der Waals surface area contributed by atoms with E-state index in [4.69, 9.17) is 21.7 Å². The van der Waals surface area contributed by atoms with E-state index in [0.29, 0.717) is 16.3 Å². The highest BCUT2D eigenvalue weighted by Gasteiger charge is 2.13. The van der Waals surface area contributed by atoms with Gasteiger partial charge in [0.05, 0.1) is 19.9 Å². The van der Waals surface area contributed by atoms with Gasteiger partial charge in [0.1, 0.15) is 11.5 Å². The Balaban J connectivity index is 1.91. The van der Waals surface area contributed by atoms with Gasteiger partial charge in [-0.3, -0.25) is 4.40 Å². The summed E-state index contributed by atoms with van der Waals surface area (Å²) in [4.78, 5) is 7.70. The van der Waals surface area contributed by atoms with Crippen LogP contribution in [0.4, 0.5) is 4.39 Å². The summed E-state index contributed by atoms with van der Waals surface area (Å²) >= 11 is 5.36. The molecular weight excluding hydrogens is 365 g/mol. The first-order valence-electron chi connectivity index (χ1n) is 8.19. The van der Waals surface area contributed by atoms with E-state index in [2.05, 4.69) is 9.97 Å². The Morgan fingerprint density at radius 3 is 2.41 bits per heavy atom. The molecule has 2 aromatic carbocycles. The summed E-state index contributed by atoms with van der Waals surface area (Å²) in [5.41, 5.74) is 4.23. The second kappa shape index (κ2) is 6.85. The van der Waals surface area contributed by atoms with Crippen LogP contribution in [0.3, 0.4) is 0 Å². The van der Waals surface area contributed by atoms with Crippen LogP contribution < -0.4 is 9.47 Å². The molecule has 0 aliphatic heterocycles. The summed E-state index contributed by atoms with van der Waals surface area (Å²) in [6.07, 6.45) is 3.59. The maximum Gasteiger partial charge on any atom is 0.205 e. The third-order valence-corrected chi connectivity index (χ3v) is 4.67. The Hall–Kier alpha value is -3.19. The molecular formula is C20H16FN3O2S. The number of nitrogens with one attached hydrogen (secondary N) is 1. The van der Waals surface area contributed by atoms with Crippen molar-refractivity contribution in [3.63, 3.8) is 0 Å². The number of H-pyrrole nitrogens is 1. The minimum Gasteiger partial charge on any atom is -0.493 e. The van der Waals surface area contributed by atoms with Gasteiger partial charge in [-0.05, 0) is 59.7 Å². The average molecular weight is 381 g/mol. The molecule has 0 aliphatic carbocycles. The maximum absolute atomic E-state index is 13.2. The number of nitrogens with zero attached hydrogens (tertiary/aromatic N) is 2. The van der Waals surface area contributed by atoms with E-state index in [0.717, 1.165) is 28.0 Å². The molecule has 0 aliphatic rings. The minimum absolute atomic E-state index is 0.279. The number of aromatic nitrogens is 3. The number of aromatic amines is 1. The van der Waals surface area contributed by atoms with E-state index < -0.39 is 0 Å². The lowest BCUT2D eigenvalue weighted by Gasteiger charge is -2.10. The molecule has 0 amide bonds. The fraction of sp³-hybridized carbons (Fsp3) is 0.100. The molecule has 7 heteroatoms. The molecule has 4 rings (SSSR count). The van der Waals surface area contributed by atoms with Crippen molar-refractivity contribution in [2.45, 2.75) is 0 Å². The highest BCUT2D eigenvalue weighted by molar-refractivity contribution is 7.71. The van der Waals surface area contributed by atoms with E-state index in [9.17, 15) is 4.39 Å².